The Balaban J connectivity index is 3.95. The van der Waals surface area contributed by atoms with Crippen LogP contribution in [0.4, 0.5) is 0 Å². The average molecular weight is 243 g/mol. The van der Waals surface area contributed by atoms with Gasteiger partial charge in [-0.2, -0.15) is 0 Å². The van der Waals surface area contributed by atoms with Gasteiger partial charge in [0.1, 0.15) is 0 Å². The van der Waals surface area contributed by atoms with Crippen LogP contribution in [-0.4, -0.2) is 30.4 Å². The van der Waals surface area contributed by atoms with Crippen LogP contribution in [-0.2, 0) is 9.59 Å². The number of hydrogen-bond acceptors (Lipinski definition) is 3. The van der Waals surface area contributed by atoms with Gasteiger partial charge in [-0.1, -0.05) is 27.2 Å². The first-order chi connectivity index (χ1) is 7.79. The van der Waals surface area contributed by atoms with Gasteiger partial charge in [-0.05, 0) is 19.3 Å². The van der Waals surface area contributed by atoms with E-state index in [4.69, 9.17) is 5.73 Å². The van der Waals surface area contributed by atoms with Crippen molar-refractivity contribution in [3.63, 3.8) is 0 Å². The highest BCUT2D eigenvalue weighted by Crippen LogP contribution is 2.07. The van der Waals surface area contributed by atoms with Gasteiger partial charge in [0.2, 0.25) is 11.8 Å². The summed E-state index contributed by atoms with van der Waals surface area (Å²) in [5.41, 5.74) is 4.94. The van der Waals surface area contributed by atoms with E-state index in [1.165, 1.54) is 0 Å². The van der Waals surface area contributed by atoms with Gasteiger partial charge >= 0.3 is 0 Å². The number of nitrogens with two attached hydrogens (primary N) is 1. The number of nitrogens with one attached hydrogen (secondary N) is 2. The standard InChI is InChI=1S/C12H25N3O2/c1-5-6-12(4,13)11(17)15-8-10(16)14-7-9(2)3/h9H,5-8,13H2,1-4H3,(H,14,16)(H,15,17). The molecule has 0 rings (SSSR count). The third-order valence-electron chi connectivity index (χ3n) is 2.41. The second-order valence-corrected chi connectivity index (χ2v) is 5.05. The lowest BCUT2D eigenvalue weighted by molar-refractivity contribution is -0.129. The van der Waals surface area contributed by atoms with E-state index in [1.54, 1.807) is 6.92 Å². The van der Waals surface area contributed by atoms with Crippen LogP contribution in [0.2, 0.25) is 0 Å². The number of carbonyl (C=O) groups is 2. The molecule has 0 aromatic rings. The van der Waals surface area contributed by atoms with E-state index < -0.39 is 5.54 Å². The molecule has 0 radical (unpaired) electrons. The Kier molecular flexibility index (Phi) is 6.80. The van der Waals surface area contributed by atoms with Crippen molar-refractivity contribution in [2.24, 2.45) is 11.7 Å². The molecule has 0 aromatic heterocycles. The number of hydrogen-bond donors (Lipinski definition) is 3. The molecular weight excluding hydrogens is 218 g/mol. The summed E-state index contributed by atoms with van der Waals surface area (Å²) in [4.78, 5) is 23.1. The molecule has 0 bridgehead atoms. The van der Waals surface area contributed by atoms with Crippen molar-refractivity contribution in [1.29, 1.82) is 0 Å². The van der Waals surface area contributed by atoms with Gasteiger partial charge in [-0.3, -0.25) is 9.59 Å². The molecule has 0 saturated heterocycles. The highest BCUT2D eigenvalue weighted by Gasteiger charge is 2.27. The van der Waals surface area contributed by atoms with Crippen molar-refractivity contribution < 1.29 is 9.59 Å². The van der Waals surface area contributed by atoms with Crippen LogP contribution < -0.4 is 16.4 Å². The maximum atomic E-state index is 11.7. The molecule has 1 unspecified atom stereocenters. The molecule has 0 fully saturated rings. The fraction of sp³-hybridized carbons (Fsp3) is 0.833. The minimum Gasteiger partial charge on any atom is -0.354 e. The molecule has 1 atom stereocenters. The first kappa shape index (κ1) is 15.9. The Labute approximate surface area is 104 Å². The highest BCUT2D eigenvalue weighted by molar-refractivity contribution is 5.89. The van der Waals surface area contributed by atoms with Gasteiger partial charge in [0.05, 0.1) is 12.1 Å². The van der Waals surface area contributed by atoms with Crippen LogP contribution in [0.15, 0.2) is 0 Å². The van der Waals surface area contributed by atoms with Crippen molar-refractivity contribution in [3.05, 3.63) is 0 Å². The molecule has 0 saturated carbocycles. The predicted molar refractivity (Wildman–Crippen MR) is 68.4 cm³/mol. The fourth-order valence-corrected chi connectivity index (χ4v) is 1.38. The van der Waals surface area contributed by atoms with Gasteiger partial charge in [0.15, 0.2) is 0 Å². The predicted octanol–water partition coefficient (Wildman–Crippen LogP) is 0.392. The van der Waals surface area contributed by atoms with E-state index in [1.807, 2.05) is 20.8 Å². The SMILES string of the molecule is CCCC(C)(N)C(=O)NCC(=O)NCC(C)C. The van der Waals surface area contributed by atoms with E-state index in [0.717, 1.165) is 6.42 Å². The number of rotatable bonds is 7. The Morgan fingerprint density at radius 2 is 1.88 bits per heavy atom. The average Bonchev–Trinajstić information content (AvgIpc) is 2.22. The minimum absolute atomic E-state index is 0.0118. The van der Waals surface area contributed by atoms with Gasteiger partial charge < -0.3 is 16.4 Å². The summed E-state index contributed by atoms with van der Waals surface area (Å²) in [5.74, 6) is -0.0621. The van der Waals surface area contributed by atoms with Crippen molar-refractivity contribution in [2.75, 3.05) is 13.1 Å². The lowest BCUT2D eigenvalue weighted by atomic mass is 9.96. The number of amides is 2. The molecule has 17 heavy (non-hydrogen) atoms. The summed E-state index contributed by atoms with van der Waals surface area (Å²) in [7, 11) is 0. The Morgan fingerprint density at radius 3 is 2.35 bits per heavy atom. The lowest BCUT2D eigenvalue weighted by Crippen LogP contribution is -2.53. The monoisotopic (exact) mass is 243 g/mol. The second kappa shape index (κ2) is 7.27. The van der Waals surface area contributed by atoms with Crippen LogP contribution in [0.5, 0.6) is 0 Å². The summed E-state index contributed by atoms with van der Waals surface area (Å²) >= 11 is 0. The molecule has 0 spiro atoms. The lowest BCUT2D eigenvalue weighted by Gasteiger charge is -2.22. The zero-order valence-electron chi connectivity index (χ0n) is 11.3. The first-order valence-corrected chi connectivity index (χ1v) is 6.13. The van der Waals surface area contributed by atoms with E-state index in [0.29, 0.717) is 18.9 Å². The first-order valence-electron chi connectivity index (χ1n) is 6.13. The highest BCUT2D eigenvalue weighted by atomic mass is 16.2. The van der Waals surface area contributed by atoms with Crippen LogP contribution in [0.3, 0.4) is 0 Å². The molecule has 5 nitrogen and oxygen atoms in total. The van der Waals surface area contributed by atoms with Crippen LogP contribution in [0, 0.1) is 5.92 Å². The summed E-state index contributed by atoms with van der Waals surface area (Å²) in [6, 6.07) is 0. The van der Waals surface area contributed by atoms with Crippen LogP contribution in [0.1, 0.15) is 40.5 Å². The largest absolute Gasteiger partial charge is 0.354 e. The zero-order valence-corrected chi connectivity index (χ0v) is 11.3. The Hall–Kier alpha value is -1.10. The van der Waals surface area contributed by atoms with Crippen LogP contribution in [0.25, 0.3) is 0 Å². The van der Waals surface area contributed by atoms with E-state index in [2.05, 4.69) is 10.6 Å². The normalized spacial score (nSPS) is 14.2. The van der Waals surface area contributed by atoms with Crippen molar-refractivity contribution in [3.8, 4) is 0 Å². The molecule has 2 amide bonds. The van der Waals surface area contributed by atoms with E-state index in [-0.39, 0.29) is 18.4 Å². The molecular formula is C12H25N3O2. The van der Waals surface area contributed by atoms with Gasteiger partial charge in [-0.25, -0.2) is 0 Å². The molecule has 0 aromatic carbocycles. The zero-order chi connectivity index (χ0) is 13.5. The van der Waals surface area contributed by atoms with Gasteiger partial charge in [-0.15, -0.1) is 0 Å². The van der Waals surface area contributed by atoms with Gasteiger partial charge in [0.25, 0.3) is 0 Å². The minimum atomic E-state index is -0.896. The van der Waals surface area contributed by atoms with Gasteiger partial charge in [0, 0.05) is 6.54 Å². The summed E-state index contributed by atoms with van der Waals surface area (Å²) < 4.78 is 0. The molecule has 4 N–H and O–H groups in total. The molecule has 100 valence electrons. The number of carbonyl (C=O) groups excluding carboxylic acids is 2. The van der Waals surface area contributed by atoms with E-state index in [9.17, 15) is 9.59 Å². The third-order valence-corrected chi connectivity index (χ3v) is 2.41. The van der Waals surface area contributed by atoms with E-state index >= 15 is 0 Å². The smallest absolute Gasteiger partial charge is 0.240 e. The summed E-state index contributed by atoms with van der Waals surface area (Å²) in [6.07, 6.45) is 1.44. The third kappa shape index (κ3) is 6.94. The van der Waals surface area contributed by atoms with Crippen molar-refractivity contribution in [1.82, 2.24) is 10.6 Å². The molecule has 0 heterocycles. The Morgan fingerprint density at radius 1 is 1.29 bits per heavy atom. The quantitative estimate of drug-likeness (QED) is 0.605. The topological polar surface area (TPSA) is 84.2 Å². The second-order valence-electron chi connectivity index (χ2n) is 5.05. The molecule has 0 aliphatic rings. The molecule has 0 aliphatic carbocycles. The van der Waals surface area contributed by atoms with Crippen molar-refractivity contribution >= 4 is 11.8 Å². The Bertz CT molecular complexity index is 262. The molecule has 0 aliphatic heterocycles. The maximum absolute atomic E-state index is 11.7. The summed E-state index contributed by atoms with van der Waals surface area (Å²) in [5, 5.41) is 5.28. The molecule has 5 heteroatoms. The fourth-order valence-electron chi connectivity index (χ4n) is 1.38. The summed E-state index contributed by atoms with van der Waals surface area (Å²) in [6.45, 7) is 8.27. The maximum Gasteiger partial charge on any atom is 0.240 e. The van der Waals surface area contributed by atoms with Crippen LogP contribution >= 0.6 is 0 Å². The van der Waals surface area contributed by atoms with Crippen molar-refractivity contribution in [2.45, 2.75) is 46.1 Å².